The number of aromatic nitrogens is 2. The largest absolute Gasteiger partial charge is 0.346 e. The molecule has 0 aromatic carbocycles. The van der Waals surface area contributed by atoms with E-state index in [9.17, 15) is 9.59 Å². The number of hydrogen-bond acceptors (Lipinski definition) is 5. The molecular formula is C14H20N6O2. The fourth-order valence-electron chi connectivity index (χ4n) is 2.05. The standard InChI is InChI=1S/C14H20N6O2/c1-15-8-9-16-10-2-4-11(5-3-10)18-14(22)20-12-6-7-17-13(21)19-12/h4,6-7,15H,2-3,5,8-9H2,1H3,(H3,17,18,19,20,21,22). The second kappa shape index (κ2) is 8.08. The summed E-state index contributed by atoms with van der Waals surface area (Å²) in [6.07, 6.45) is 5.66. The van der Waals surface area contributed by atoms with Gasteiger partial charge in [-0.1, -0.05) is 6.08 Å². The fraction of sp³-hybridized carbons (Fsp3) is 0.429. The molecule has 2 amide bonds. The van der Waals surface area contributed by atoms with E-state index in [4.69, 9.17) is 0 Å². The molecular weight excluding hydrogens is 284 g/mol. The van der Waals surface area contributed by atoms with E-state index in [0.717, 1.165) is 43.8 Å². The number of nitrogens with zero attached hydrogens (tertiary/aromatic N) is 2. The topological polar surface area (TPSA) is 111 Å². The number of H-pyrrole nitrogens is 1. The molecule has 0 spiro atoms. The number of urea groups is 1. The molecule has 0 atom stereocenters. The zero-order chi connectivity index (χ0) is 15.8. The van der Waals surface area contributed by atoms with Crippen LogP contribution in [0, 0.1) is 0 Å². The molecule has 0 saturated heterocycles. The highest BCUT2D eigenvalue weighted by Gasteiger charge is 2.11. The third-order valence-electron chi connectivity index (χ3n) is 3.16. The van der Waals surface area contributed by atoms with E-state index >= 15 is 0 Å². The van der Waals surface area contributed by atoms with Crippen molar-refractivity contribution >= 4 is 17.6 Å². The van der Waals surface area contributed by atoms with E-state index in [1.54, 1.807) is 0 Å². The van der Waals surface area contributed by atoms with Crippen molar-refractivity contribution in [3.05, 3.63) is 34.5 Å². The van der Waals surface area contributed by atoms with Crippen LogP contribution in [0.2, 0.25) is 0 Å². The van der Waals surface area contributed by atoms with Crippen LogP contribution in [-0.4, -0.2) is 41.8 Å². The van der Waals surface area contributed by atoms with Crippen molar-refractivity contribution in [3.8, 4) is 0 Å². The second-order valence-corrected chi connectivity index (χ2v) is 4.85. The van der Waals surface area contributed by atoms with Gasteiger partial charge in [0.2, 0.25) is 0 Å². The van der Waals surface area contributed by atoms with E-state index in [1.165, 1.54) is 12.3 Å². The van der Waals surface area contributed by atoms with Gasteiger partial charge in [-0.2, -0.15) is 0 Å². The van der Waals surface area contributed by atoms with Crippen LogP contribution in [0.3, 0.4) is 0 Å². The Labute approximate surface area is 128 Å². The first-order chi connectivity index (χ1) is 10.7. The predicted octanol–water partition coefficient (Wildman–Crippen LogP) is 0.620. The lowest BCUT2D eigenvalue weighted by Gasteiger charge is -2.16. The van der Waals surface area contributed by atoms with Crippen LogP contribution in [0.4, 0.5) is 10.6 Å². The van der Waals surface area contributed by atoms with E-state index in [-0.39, 0.29) is 6.03 Å². The maximum atomic E-state index is 11.8. The molecule has 0 saturated carbocycles. The molecule has 0 radical (unpaired) electrons. The molecule has 0 aliphatic heterocycles. The lowest BCUT2D eigenvalue weighted by atomic mass is 10.0. The molecule has 0 bridgehead atoms. The Kier molecular flexibility index (Phi) is 5.84. The minimum absolute atomic E-state index is 0.309. The van der Waals surface area contributed by atoms with Gasteiger partial charge in [0, 0.05) is 30.6 Å². The number of carbonyl (C=O) groups is 1. The number of nitrogens with one attached hydrogen (secondary N) is 4. The van der Waals surface area contributed by atoms with Crippen LogP contribution in [0.25, 0.3) is 0 Å². The highest BCUT2D eigenvalue weighted by atomic mass is 16.2. The minimum atomic E-state index is -0.503. The summed E-state index contributed by atoms with van der Waals surface area (Å²) in [7, 11) is 1.90. The first-order valence-corrected chi connectivity index (χ1v) is 7.16. The third-order valence-corrected chi connectivity index (χ3v) is 3.16. The Morgan fingerprint density at radius 3 is 2.95 bits per heavy atom. The van der Waals surface area contributed by atoms with Crippen molar-refractivity contribution in [2.45, 2.75) is 19.3 Å². The molecule has 2 rings (SSSR count). The molecule has 22 heavy (non-hydrogen) atoms. The number of carbonyl (C=O) groups excluding carboxylic acids is 1. The van der Waals surface area contributed by atoms with Gasteiger partial charge in [-0.15, -0.1) is 0 Å². The number of allylic oxidation sites excluding steroid dienone is 2. The second-order valence-electron chi connectivity index (χ2n) is 4.85. The molecule has 1 aliphatic rings. The van der Waals surface area contributed by atoms with Gasteiger partial charge in [0.1, 0.15) is 5.82 Å². The maximum absolute atomic E-state index is 11.8. The zero-order valence-electron chi connectivity index (χ0n) is 12.5. The summed E-state index contributed by atoms with van der Waals surface area (Å²) in [6.45, 7) is 1.64. The predicted molar refractivity (Wildman–Crippen MR) is 85.2 cm³/mol. The zero-order valence-corrected chi connectivity index (χ0v) is 12.5. The smallest absolute Gasteiger partial charge is 0.318 e. The lowest BCUT2D eigenvalue weighted by Crippen LogP contribution is -2.30. The fourth-order valence-corrected chi connectivity index (χ4v) is 2.05. The van der Waals surface area contributed by atoms with Crippen LogP contribution in [-0.2, 0) is 0 Å². The van der Waals surface area contributed by atoms with Gasteiger partial charge < -0.3 is 10.6 Å². The average Bonchev–Trinajstić information content (AvgIpc) is 2.49. The van der Waals surface area contributed by atoms with E-state index < -0.39 is 5.69 Å². The molecule has 8 heteroatoms. The molecule has 1 aromatic rings. The minimum Gasteiger partial charge on any atom is -0.318 e. The number of anilines is 1. The summed E-state index contributed by atoms with van der Waals surface area (Å²) >= 11 is 0. The van der Waals surface area contributed by atoms with Gasteiger partial charge in [-0.3, -0.25) is 15.3 Å². The van der Waals surface area contributed by atoms with Crippen molar-refractivity contribution in [2.24, 2.45) is 4.99 Å². The quantitative estimate of drug-likeness (QED) is 0.597. The molecule has 118 valence electrons. The van der Waals surface area contributed by atoms with Crippen LogP contribution in [0.1, 0.15) is 19.3 Å². The van der Waals surface area contributed by atoms with Gasteiger partial charge in [0.25, 0.3) is 0 Å². The number of aromatic amines is 1. The van der Waals surface area contributed by atoms with E-state index in [1.807, 2.05) is 13.1 Å². The number of amides is 2. The molecule has 0 fully saturated rings. The van der Waals surface area contributed by atoms with Crippen molar-refractivity contribution in [2.75, 3.05) is 25.5 Å². The summed E-state index contributed by atoms with van der Waals surface area (Å²) in [5.74, 6) is 0.309. The van der Waals surface area contributed by atoms with Gasteiger partial charge in [0.05, 0.1) is 6.54 Å². The monoisotopic (exact) mass is 304 g/mol. The molecule has 8 nitrogen and oxygen atoms in total. The van der Waals surface area contributed by atoms with Crippen molar-refractivity contribution in [1.82, 2.24) is 20.6 Å². The Morgan fingerprint density at radius 2 is 2.27 bits per heavy atom. The summed E-state index contributed by atoms with van der Waals surface area (Å²) in [5, 5.41) is 8.39. The molecule has 4 N–H and O–H groups in total. The maximum Gasteiger partial charge on any atom is 0.346 e. The molecule has 1 aliphatic carbocycles. The number of hydrogen-bond donors (Lipinski definition) is 4. The highest BCUT2D eigenvalue weighted by Crippen LogP contribution is 2.14. The molecule has 0 unspecified atom stereocenters. The summed E-state index contributed by atoms with van der Waals surface area (Å²) in [4.78, 5) is 33.3. The summed E-state index contributed by atoms with van der Waals surface area (Å²) in [5.41, 5.74) is 1.51. The number of aliphatic imine (C=N–C) groups is 1. The number of rotatable bonds is 5. The number of likely N-dealkylation sites (N-methyl/N-ethyl adjacent to an activating group) is 1. The first kappa shape index (κ1) is 15.9. The Morgan fingerprint density at radius 1 is 1.41 bits per heavy atom. The lowest BCUT2D eigenvalue weighted by molar-refractivity contribution is 0.254. The van der Waals surface area contributed by atoms with Crippen molar-refractivity contribution < 1.29 is 4.79 Å². The van der Waals surface area contributed by atoms with Crippen LogP contribution < -0.4 is 21.6 Å². The Balaban J connectivity index is 1.83. The SMILES string of the molecule is CNCCN=C1CC=C(NC(=O)Nc2ccnc(=O)[nH]2)CC1. The Hall–Kier alpha value is -2.48. The highest BCUT2D eigenvalue weighted by molar-refractivity contribution is 5.91. The molecule has 1 heterocycles. The van der Waals surface area contributed by atoms with Crippen LogP contribution >= 0.6 is 0 Å². The third kappa shape index (κ3) is 5.13. The van der Waals surface area contributed by atoms with Crippen molar-refractivity contribution in [3.63, 3.8) is 0 Å². The van der Waals surface area contributed by atoms with Gasteiger partial charge in [0.15, 0.2) is 0 Å². The van der Waals surface area contributed by atoms with Gasteiger partial charge in [-0.05, 0) is 26.0 Å². The van der Waals surface area contributed by atoms with E-state index in [0.29, 0.717) is 5.82 Å². The van der Waals surface area contributed by atoms with Crippen molar-refractivity contribution in [1.29, 1.82) is 0 Å². The summed E-state index contributed by atoms with van der Waals surface area (Å²) in [6, 6.07) is 1.13. The van der Waals surface area contributed by atoms with Gasteiger partial charge in [-0.25, -0.2) is 14.6 Å². The van der Waals surface area contributed by atoms with Gasteiger partial charge >= 0.3 is 11.7 Å². The summed E-state index contributed by atoms with van der Waals surface area (Å²) < 4.78 is 0. The van der Waals surface area contributed by atoms with Crippen LogP contribution in [0.5, 0.6) is 0 Å². The Bertz CT molecular complexity index is 634. The van der Waals surface area contributed by atoms with E-state index in [2.05, 4.69) is 30.9 Å². The molecule has 1 aromatic heterocycles. The van der Waals surface area contributed by atoms with Crippen LogP contribution in [0.15, 0.2) is 33.8 Å². The normalized spacial score (nSPS) is 16.2. The average molecular weight is 304 g/mol. The first-order valence-electron chi connectivity index (χ1n) is 7.16.